The number of carbonyl (C=O) groups excluding carboxylic acids is 1. The minimum Gasteiger partial charge on any atom is -0.443 e. The van der Waals surface area contributed by atoms with Crippen LogP contribution in [-0.2, 0) is 43.2 Å². The maximum absolute atomic E-state index is 13.9. The lowest BCUT2D eigenvalue weighted by Gasteiger charge is -2.62. The van der Waals surface area contributed by atoms with Crippen LogP contribution in [0.15, 0.2) is 18.2 Å². The zero-order chi connectivity index (χ0) is 36.4. The number of halogens is 1. The number of benzene rings is 1. The molecule has 11 nitrogen and oxygen atoms in total. The number of hydrogen-bond donors (Lipinski definition) is 1. The van der Waals surface area contributed by atoms with Crippen LogP contribution in [0.2, 0.25) is 5.02 Å². The smallest absolute Gasteiger partial charge is 0.411 e. The molecule has 11 rings (SSSR count). The van der Waals surface area contributed by atoms with Crippen molar-refractivity contribution in [2.75, 3.05) is 5.32 Å². The molecule has 288 valence electrons. The Morgan fingerprint density at radius 3 is 1.96 bits per heavy atom. The van der Waals surface area contributed by atoms with Gasteiger partial charge in [0.1, 0.15) is 12.2 Å². The van der Waals surface area contributed by atoms with Crippen LogP contribution < -0.4 is 5.32 Å². The van der Waals surface area contributed by atoms with E-state index in [0.29, 0.717) is 29.0 Å². The van der Waals surface area contributed by atoms with Gasteiger partial charge in [-0.3, -0.25) is 5.32 Å². The third-order valence-electron chi connectivity index (χ3n) is 14.9. The van der Waals surface area contributed by atoms with E-state index in [9.17, 15) is 4.79 Å². The molecule has 0 aromatic heterocycles. The summed E-state index contributed by atoms with van der Waals surface area (Å²) in [5, 5.41) is 3.48. The first-order valence-electron chi connectivity index (χ1n) is 19.9. The number of anilines is 1. The first-order chi connectivity index (χ1) is 24.7. The molecule has 4 bridgehead atoms. The molecule has 2 saturated carbocycles. The Labute approximate surface area is 312 Å². The molecule has 2 aliphatic carbocycles. The van der Waals surface area contributed by atoms with E-state index in [-0.39, 0.29) is 41.6 Å². The van der Waals surface area contributed by atoms with Crippen LogP contribution in [0, 0.1) is 54.3 Å². The lowest BCUT2D eigenvalue weighted by atomic mass is 9.56. The standard InChI is InChI=1S/C40H56ClNO10/c1-20-16-25(41)18-26(17-20)42-36(43)45-32(33-24(5)30-11-9-22(3)28-13-15-38(7)48-35(46-33)40(28,30)52-50-38)19-31-23(4)29-10-8-21(2)27-12-14-37(6)47-34(44-31)39(27,29)51-49-37/h16-18,21-24,27-35H,8-15,19H2,1-7H3,(H,42,43)/t21-,22-,23-,24-,27+,28+,29+,30+,31-,32+,33?,34-,35-,37-,38-,39-,40-/m1/s1. The van der Waals surface area contributed by atoms with E-state index in [0.717, 1.165) is 56.9 Å². The second kappa shape index (κ2) is 12.7. The third kappa shape index (κ3) is 5.53. The molecule has 8 heterocycles. The average molecular weight is 746 g/mol. The Hall–Kier alpha value is -1.54. The summed E-state index contributed by atoms with van der Waals surface area (Å²) in [5.74, 6) is -0.180. The summed E-state index contributed by atoms with van der Waals surface area (Å²) in [4.78, 5) is 38.9. The van der Waals surface area contributed by atoms with Crippen molar-refractivity contribution in [3.63, 3.8) is 0 Å². The fourth-order valence-electron chi connectivity index (χ4n) is 12.2. The van der Waals surface area contributed by atoms with Crippen LogP contribution in [-0.4, -0.2) is 59.8 Å². The highest BCUT2D eigenvalue weighted by molar-refractivity contribution is 6.31. The monoisotopic (exact) mass is 745 g/mol. The van der Waals surface area contributed by atoms with Crippen molar-refractivity contribution in [3.05, 3.63) is 28.8 Å². The molecule has 0 radical (unpaired) electrons. The summed E-state index contributed by atoms with van der Waals surface area (Å²) in [7, 11) is 0. The minimum absolute atomic E-state index is 0.0435. The third-order valence-corrected chi connectivity index (χ3v) is 15.1. The van der Waals surface area contributed by atoms with Gasteiger partial charge in [0.05, 0.1) is 6.10 Å². The molecule has 1 aromatic carbocycles. The molecule has 10 aliphatic rings. The van der Waals surface area contributed by atoms with E-state index >= 15 is 0 Å². The number of amides is 1. The number of nitrogens with one attached hydrogen (secondary N) is 1. The zero-order valence-corrected chi connectivity index (χ0v) is 32.3. The number of rotatable bonds is 5. The Bertz CT molecular complexity index is 1550. The van der Waals surface area contributed by atoms with E-state index in [4.69, 9.17) is 54.8 Å². The van der Waals surface area contributed by atoms with Crippen molar-refractivity contribution in [2.45, 2.75) is 160 Å². The number of ether oxygens (including phenoxy) is 5. The highest BCUT2D eigenvalue weighted by Gasteiger charge is 2.72. The lowest BCUT2D eigenvalue weighted by molar-refractivity contribution is -0.573. The van der Waals surface area contributed by atoms with Crippen LogP contribution in [0.4, 0.5) is 10.5 Å². The van der Waals surface area contributed by atoms with Gasteiger partial charge in [0, 0.05) is 41.8 Å². The van der Waals surface area contributed by atoms with Crippen molar-refractivity contribution < 1.29 is 48.0 Å². The SMILES string of the molecule is Cc1cc(Cl)cc(NC(=O)O[C@@H](C[C@H]2O[C@@H]3O[C@@]4(C)CC[C@H]5[C@H](C)CC[C@@H]([C@H]2C)[C@@]35OO4)C2O[C@@H]3O[C@@]4(C)CC[C@H]5[C@H](C)CC[C@@H]([C@H]2C)[C@@]35OO4)c1. The lowest BCUT2D eigenvalue weighted by Crippen LogP contribution is -2.72. The number of hydrogen-bond acceptors (Lipinski definition) is 10. The molecule has 52 heavy (non-hydrogen) atoms. The fraction of sp³-hybridized carbons (Fsp3) is 0.825. The van der Waals surface area contributed by atoms with E-state index < -0.39 is 53.7 Å². The Kier molecular flexibility index (Phi) is 8.85. The summed E-state index contributed by atoms with van der Waals surface area (Å²) in [5.41, 5.74) is 0.0834. The molecule has 1 amide bonds. The Morgan fingerprint density at radius 1 is 0.788 bits per heavy atom. The Balaban J connectivity index is 1.05. The van der Waals surface area contributed by atoms with Crippen LogP contribution >= 0.6 is 11.6 Å². The second-order valence-electron chi connectivity index (χ2n) is 18.1. The highest BCUT2D eigenvalue weighted by atomic mass is 35.5. The summed E-state index contributed by atoms with van der Waals surface area (Å²) in [6, 6.07) is 5.44. The predicted molar refractivity (Wildman–Crippen MR) is 188 cm³/mol. The molecule has 1 N–H and O–H groups in total. The minimum atomic E-state index is -0.918. The molecule has 8 aliphatic heterocycles. The number of carbonyl (C=O) groups is 1. The van der Waals surface area contributed by atoms with Gasteiger partial charge >= 0.3 is 6.09 Å². The van der Waals surface area contributed by atoms with Gasteiger partial charge in [-0.2, -0.15) is 0 Å². The second-order valence-corrected chi connectivity index (χ2v) is 18.6. The van der Waals surface area contributed by atoms with Gasteiger partial charge in [0.15, 0.2) is 23.8 Å². The number of fused-ring (bicyclic) bond motifs is 4. The number of aryl methyl sites for hydroxylation is 1. The average Bonchev–Trinajstić information content (AvgIpc) is 3.45. The van der Waals surface area contributed by atoms with E-state index in [2.05, 4.69) is 33.0 Å². The molecule has 8 saturated heterocycles. The van der Waals surface area contributed by atoms with Gasteiger partial charge in [-0.25, -0.2) is 24.3 Å². The van der Waals surface area contributed by atoms with Crippen molar-refractivity contribution in [1.82, 2.24) is 0 Å². The summed E-state index contributed by atoms with van der Waals surface area (Å²) in [6.07, 6.45) is 4.54. The van der Waals surface area contributed by atoms with Crippen molar-refractivity contribution in [1.29, 1.82) is 0 Å². The first-order valence-corrected chi connectivity index (χ1v) is 20.3. The zero-order valence-electron chi connectivity index (χ0n) is 31.6. The molecule has 10 fully saturated rings. The Morgan fingerprint density at radius 2 is 1.37 bits per heavy atom. The maximum atomic E-state index is 13.9. The highest BCUT2D eigenvalue weighted by Crippen LogP contribution is 2.63. The van der Waals surface area contributed by atoms with Crippen LogP contribution in [0.3, 0.4) is 0 Å². The fourth-order valence-corrected chi connectivity index (χ4v) is 12.5. The normalized spacial score (nSPS) is 51.0. The molecule has 17 atom stereocenters. The summed E-state index contributed by atoms with van der Waals surface area (Å²) >= 11 is 6.36. The van der Waals surface area contributed by atoms with Crippen LogP contribution in [0.25, 0.3) is 0 Å². The molecule has 2 spiro atoms. The molecular weight excluding hydrogens is 690 g/mol. The van der Waals surface area contributed by atoms with Gasteiger partial charge in [0.2, 0.25) is 11.6 Å². The van der Waals surface area contributed by atoms with E-state index in [1.807, 2.05) is 32.9 Å². The topological polar surface area (TPSA) is 112 Å². The summed E-state index contributed by atoms with van der Waals surface area (Å²) in [6.45, 7) is 14.9. The van der Waals surface area contributed by atoms with Gasteiger partial charge in [-0.15, -0.1) is 0 Å². The van der Waals surface area contributed by atoms with Gasteiger partial charge < -0.3 is 23.7 Å². The largest absolute Gasteiger partial charge is 0.443 e. The predicted octanol–water partition coefficient (Wildman–Crippen LogP) is 8.46. The van der Waals surface area contributed by atoms with E-state index in [1.54, 1.807) is 6.07 Å². The quantitative estimate of drug-likeness (QED) is 0.295. The van der Waals surface area contributed by atoms with Gasteiger partial charge in [0.25, 0.3) is 0 Å². The molecule has 1 unspecified atom stereocenters. The van der Waals surface area contributed by atoms with Gasteiger partial charge in [-0.1, -0.05) is 39.3 Å². The maximum Gasteiger partial charge on any atom is 0.411 e. The van der Waals surface area contributed by atoms with Crippen LogP contribution in [0.1, 0.15) is 105 Å². The van der Waals surface area contributed by atoms with Crippen molar-refractivity contribution in [2.24, 2.45) is 47.3 Å². The molecular formula is C40H56ClNO10. The van der Waals surface area contributed by atoms with Crippen molar-refractivity contribution >= 4 is 23.4 Å². The van der Waals surface area contributed by atoms with Gasteiger partial charge in [-0.05, 0) is 119 Å². The molecule has 1 aromatic rings. The summed E-state index contributed by atoms with van der Waals surface area (Å²) < 4.78 is 34.0. The van der Waals surface area contributed by atoms with Crippen molar-refractivity contribution in [3.8, 4) is 0 Å². The van der Waals surface area contributed by atoms with E-state index in [1.165, 1.54) is 0 Å². The first kappa shape index (κ1) is 36.1. The molecule has 12 heteroatoms. The van der Waals surface area contributed by atoms with Crippen LogP contribution in [0.5, 0.6) is 0 Å².